The van der Waals surface area contributed by atoms with Gasteiger partial charge in [0.15, 0.2) is 0 Å². The topological polar surface area (TPSA) is 70.7 Å². The molecule has 0 saturated heterocycles. The molecule has 1 saturated carbocycles. The van der Waals surface area contributed by atoms with Crippen LogP contribution < -0.4 is 5.32 Å². The van der Waals surface area contributed by atoms with Crippen molar-refractivity contribution >= 4 is 5.91 Å². The van der Waals surface area contributed by atoms with E-state index in [0.29, 0.717) is 11.5 Å². The van der Waals surface area contributed by atoms with Crippen LogP contribution in [0, 0.1) is 13.8 Å². The molecule has 1 amide bonds. The highest BCUT2D eigenvalue weighted by molar-refractivity contribution is 5.96. The van der Waals surface area contributed by atoms with Crippen molar-refractivity contribution in [2.75, 3.05) is 0 Å². The van der Waals surface area contributed by atoms with Gasteiger partial charge < -0.3 is 5.32 Å². The minimum absolute atomic E-state index is 0.0704. The van der Waals surface area contributed by atoms with E-state index in [4.69, 9.17) is 0 Å². The van der Waals surface area contributed by atoms with Crippen LogP contribution in [0.2, 0.25) is 0 Å². The summed E-state index contributed by atoms with van der Waals surface area (Å²) in [5.41, 5.74) is 4.27. The lowest BCUT2D eigenvalue weighted by molar-refractivity contribution is 0.0937. The first-order chi connectivity index (χ1) is 10.1. The molecule has 1 unspecified atom stereocenters. The molecule has 1 atom stereocenters. The molecule has 2 heterocycles. The predicted octanol–water partition coefficient (Wildman–Crippen LogP) is 2.79. The Morgan fingerprint density at radius 1 is 1.38 bits per heavy atom. The molecule has 0 aromatic carbocycles. The van der Waals surface area contributed by atoms with Gasteiger partial charge in [-0.1, -0.05) is 6.07 Å². The van der Waals surface area contributed by atoms with Crippen LogP contribution in [0.25, 0.3) is 0 Å². The minimum Gasteiger partial charge on any atom is -0.344 e. The maximum absolute atomic E-state index is 12.5. The van der Waals surface area contributed by atoms with Crippen LogP contribution in [0.5, 0.6) is 0 Å². The van der Waals surface area contributed by atoms with E-state index in [0.717, 1.165) is 35.6 Å². The third kappa shape index (κ3) is 2.82. The predicted molar refractivity (Wildman–Crippen MR) is 80.2 cm³/mol. The molecule has 2 aromatic heterocycles. The lowest BCUT2D eigenvalue weighted by Gasteiger charge is -2.14. The number of carbonyl (C=O) groups is 1. The molecular formula is C16H20N4O. The van der Waals surface area contributed by atoms with E-state index in [-0.39, 0.29) is 11.9 Å². The first kappa shape index (κ1) is 13.8. The van der Waals surface area contributed by atoms with Crippen molar-refractivity contribution in [1.82, 2.24) is 20.5 Å². The molecule has 2 aromatic rings. The Morgan fingerprint density at radius 2 is 2.14 bits per heavy atom. The number of aryl methyl sites for hydroxylation is 2. The largest absolute Gasteiger partial charge is 0.344 e. The molecule has 1 aliphatic rings. The SMILES string of the molecule is Cc1cccc(C(C)NC(=O)c2c(C3CC3)n[nH]c2C)n1. The second-order valence-corrected chi connectivity index (χ2v) is 5.78. The number of amides is 1. The molecule has 0 radical (unpaired) electrons. The Hall–Kier alpha value is -2.17. The summed E-state index contributed by atoms with van der Waals surface area (Å²) in [4.78, 5) is 17.0. The highest BCUT2D eigenvalue weighted by Gasteiger charge is 2.32. The van der Waals surface area contributed by atoms with Crippen LogP contribution in [0.1, 0.15) is 64.9 Å². The van der Waals surface area contributed by atoms with Crippen molar-refractivity contribution in [3.8, 4) is 0 Å². The lowest BCUT2D eigenvalue weighted by Crippen LogP contribution is -2.28. The molecule has 0 bridgehead atoms. The highest BCUT2D eigenvalue weighted by Crippen LogP contribution is 2.41. The molecule has 2 N–H and O–H groups in total. The fourth-order valence-electron chi connectivity index (χ4n) is 2.53. The maximum atomic E-state index is 12.5. The third-order valence-electron chi connectivity index (χ3n) is 3.87. The Balaban J connectivity index is 1.78. The zero-order valence-electron chi connectivity index (χ0n) is 12.6. The minimum atomic E-state index is -0.126. The molecular weight excluding hydrogens is 264 g/mol. The van der Waals surface area contributed by atoms with Gasteiger partial charge in [-0.15, -0.1) is 0 Å². The van der Waals surface area contributed by atoms with Gasteiger partial charge in [-0.25, -0.2) is 0 Å². The monoisotopic (exact) mass is 284 g/mol. The van der Waals surface area contributed by atoms with Gasteiger partial charge in [0.2, 0.25) is 0 Å². The quantitative estimate of drug-likeness (QED) is 0.907. The van der Waals surface area contributed by atoms with E-state index in [1.54, 1.807) is 0 Å². The van der Waals surface area contributed by atoms with Gasteiger partial charge in [-0.2, -0.15) is 5.10 Å². The third-order valence-corrected chi connectivity index (χ3v) is 3.87. The second-order valence-electron chi connectivity index (χ2n) is 5.78. The summed E-state index contributed by atoms with van der Waals surface area (Å²) in [7, 11) is 0. The summed E-state index contributed by atoms with van der Waals surface area (Å²) in [5, 5.41) is 10.3. The van der Waals surface area contributed by atoms with Crippen molar-refractivity contribution in [1.29, 1.82) is 0 Å². The highest BCUT2D eigenvalue weighted by atomic mass is 16.1. The van der Waals surface area contributed by atoms with E-state index in [2.05, 4.69) is 20.5 Å². The molecule has 0 aliphatic heterocycles. The van der Waals surface area contributed by atoms with E-state index >= 15 is 0 Å². The number of pyridine rings is 1. The summed E-state index contributed by atoms with van der Waals surface area (Å²) >= 11 is 0. The van der Waals surface area contributed by atoms with Crippen LogP contribution in [-0.4, -0.2) is 21.1 Å². The maximum Gasteiger partial charge on any atom is 0.255 e. The summed E-state index contributed by atoms with van der Waals surface area (Å²) < 4.78 is 0. The fraction of sp³-hybridized carbons (Fsp3) is 0.438. The van der Waals surface area contributed by atoms with Gasteiger partial charge >= 0.3 is 0 Å². The molecule has 110 valence electrons. The van der Waals surface area contributed by atoms with Gasteiger partial charge in [-0.05, 0) is 45.7 Å². The second kappa shape index (κ2) is 5.31. The average Bonchev–Trinajstić information content (AvgIpc) is 3.21. The summed E-state index contributed by atoms with van der Waals surface area (Å²) in [6.45, 7) is 5.79. The van der Waals surface area contributed by atoms with Gasteiger partial charge in [-0.3, -0.25) is 14.9 Å². The number of H-pyrrole nitrogens is 1. The number of hydrogen-bond donors (Lipinski definition) is 2. The van der Waals surface area contributed by atoms with Crippen LogP contribution in [0.3, 0.4) is 0 Å². The number of aromatic nitrogens is 3. The van der Waals surface area contributed by atoms with E-state index in [9.17, 15) is 4.79 Å². The van der Waals surface area contributed by atoms with Gasteiger partial charge in [0.25, 0.3) is 5.91 Å². The number of nitrogens with zero attached hydrogens (tertiary/aromatic N) is 2. The lowest BCUT2D eigenvalue weighted by atomic mass is 10.1. The zero-order chi connectivity index (χ0) is 15.0. The Kier molecular flexibility index (Phi) is 3.49. The van der Waals surface area contributed by atoms with Crippen molar-refractivity contribution in [3.63, 3.8) is 0 Å². The van der Waals surface area contributed by atoms with Crippen molar-refractivity contribution in [2.24, 2.45) is 0 Å². The van der Waals surface area contributed by atoms with E-state index in [1.165, 1.54) is 0 Å². The number of carbonyl (C=O) groups excluding carboxylic acids is 1. The normalized spacial score (nSPS) is 15.8. The summed E-state index contributed by atoms with van der Waals surface area (Å²) in [6.07, 6.45) is 2.25. The molecule has 1 aliphatic carbocycles. The summed E-state index contributed by atoms with van der Waals surface area (Å²) in [6, 6.07) is 5.71. The molecule has 0 spiro atoms. The molecule has 5 heteroatoms. The zero-order valence-corrected chi connectivity index (χ0v) is 12.6. The first-order valence-corrected chi connectivity index (χ1v) is 7.35. The number of hydrogen-bond acceptors (Lipinski definition) is 3. The molecule has 1 fully saturated rings. The number of rotatable bonds is 4. The molecule has 21 heavy (non-hydrogen) atoms. The van der Waals surface area contributed by atoms with E-state index in [1.807, 2.05) is 39.0 Å². The van der Waals surface area contributed by atoms with Gasteiger partial charge in [0, 0.05) is 17.3 Å². The number of aromatic amines is 1. The van der Waals surface area contributed by atoms with Crippen molar-refractivity contribution in [3.05, 3.63) is 46.5 Å². The smallest absolute Gasteiger partial charge is 0.255 e. The first-order valence-electron chi connectivity index (χ1n) is 7.35. The standard InChI is InChI=1S/C16H20N4O/c1-9-5-4-6-13(17-9)10(2)18-16(21)14-11(3)19-20-15(14)12-7-8-12/h4-6,10,12H,7-8H2,1-3H3,(H,18,21)(H,19,20). The van der Waals surface area contributed by atoms with Crippen LogP contribution in [0.4, 0.5) is 0 Å². The fourth-order valence-corrected chi connectivity index (χ4v) is 2.53. The average molecular weight is 284 g/mol. The Bertz CT molecular complexity index is 673. The van der Waals surface area contributed by atoms with Crippen LogP contribution >= 0.6 is 0 Å². The van der Waals surface area contributed by atoms with E-state index < -0.39 is 0 Å². The van der Waals surface area contributed by atoms with Gasteiger partial charge in [0.05, 0.1) is 23.0 Å². The molecule has 5 nitrogen and oxygen atoms in total. The van der Waals surface area contributed by atoms with Crippen LogP contribution in [0.15, 0.2) is 18.2 Å². The number of nitrogens with one attached hydrogen (secondary N) is 2. The van der Waals surface area contributed by atoms with Crippen molar-refractivity contribution < 1.29 is 4.79 Å². The Morgan fingerprint density at radius 3 is 2.81 bits per heavy atom. The molecule has 3 rings (SSSR count). The van der Waals surface area contributed by atoms with Gasteiger partial charge in [0.1, 0.15) is 0 Å². The Labute approximate surface area is 124 Å². The van der Waals surface area contributed by atoms with Crippen LogP contribution in [-0.2, 0) is 0 Å². The summed E-state index contributed by atoms with van der Waals surface area (Å²) in [5.74, 6) is 0.377. The van der Waals surface area contributed by atoms with Crippen molar-refractivity contribution in [2.45, 2.75) is 45.6 Å².